The third kappa shape index (κ3) is 6.88. The standard InChI is InChI=1S/C18H25N3O2/c1-17(2,3)12-18(4,5)20-11-13(10-19)16(23)21-14-6-8-15(22)9-7-14/h6-9,11,20,22H,12H2,1-5H3,(H,21,23)/b13-11-. The van der Waals surface area contributed by atoms with Crippen LogP contribution in [0.3, 0.4) is 0 Å². The van der Waals surface area contributed by atoms with Gasteiger partial charge in [0.05, 0.1) is 0 Å². The van der Waals surface area contributed by atoms with Crippen molar-refractivity contribution >= 4 is 11.6 Å². The molecule has 0 saturated heterocycles. The fraction of sp³-hybridized carbons (Fsp3) is 0.444. The smallest absolute Gasteiger partial charge is 0.267 e. The van der Waals surface area contributed by atoms with Gasteiger partial charge in [0.15, 0.2) is 0 Å². The molecule has 0 bridgehead atoms. The number of nitriles is 1. The van der Waals surface area contributed by atoms with Crippen LogP contribution in [0, 0.1) is 16.7 Å². The Labute approximate surface area is 138 Å². The zero-order chi connectivity index (χ0) is 17.7. The van der Waals surface area contributed by atoms with E-state index < -0.39 is 5.91 Å². The van der Waals surface area contributed by atoms with Gasteiger partial charge >= 0.3 is 0 Å². The SMILES string of the molecule is CC(C)(C)CC(C)(C)N/C=C(/C#N)C(=O)Nc1ccc(O)cc1. The van der Waals surface area contributed by atoms with Gasteiger partial charge in [-0.05, 0) is 49.9 Å². The highest BCUT2D eigenvalue weighted by molar-refractivity contribution is 6.06. The third-order valence-electron chi connectivity index (χ3n) is 3.07. The molecule has 0 radical (unpaired) electrons. The summed E-state index contributed by atoms with van der Waals surface area (Å²) in [6.45, 7) is 10.5. The second-order valence-corrected chi connectivity index (χ2v) is 7.44. The Kier molecular flexibility index (Phi) is 5.80. The molecule has 0 fully saturated rings. The molecule has 1 aromatic rings. The predicted molar refractivity (Wildman–Crippen MR) is 91.7 cm³/mol. The van der Waals surface area contributed by atoms with E-state index in [9.17, 15) is 15.2 Å². The highest BCUT2D eigenvalue weighted by Gasteiger charge is 2.24. The third-order valence-corrected chi connectivity index (χ3v) is 3.07. The summed E-state index contributed by atoms with van der Waals surface area (Å²) in [6, 6.07) is 7.98. The Morgan fingerprint density at radius 1 is 1.22 bits per heavy atom. The number of anilines is 1. The Hall–Kier alpha value is -2.48. The van der Waals surface area contributed by atoms with Crippen molar-refractivity contribution in [2.45, 2.75) is 46.6 Å². The molecule has 1 aromatic carbocycles. The minimum Gasteiger partial charge on any atom is -0.508 e. The maximum absolute atomic E-state index is 12.1. The highest BCUT2D eigenvalue weighted by Crippen LogP contribution is 2.26. The Bertz CT molecular complexity index is 617. The lowest BCUT2D eigenvalue weighted by Crippen LogP contribution is -2.39. The van der Waals surface area contributed by atoms with Crippen LogP contribution >= 0.6 is 0 Å². The van der Waals surface area contributed by atoms with Gasteiger partial charge in [0.2, 0.25) is 0 Å². The van der Waals surface area contributed by atoms with Gasteiger partial charge < -0.3 is 15.7 Å². The molecule has 0 aliphatic rings. The number of carbonyl (C=O) groups is 1. The molecule has 124 valence electrons. The summed E-state index contributed by atoms with van der Waals surface area (Å²) in [6.07, 6.45) is 2.34. The number of aromatic hydroxyl groups is 1. The first-order valence-corrected chi connectivity index (χ1v) is 7.51. The van der Waals surface area contributed by atoms with E-state index in [-0.39, 0.29) is 22.3 Å². The first-order valence-electron chi connectivity index (χ1n) is 7.51. The Morgan fingerprint density at radius 3 is 2.26 bits per heavy atom. The molecule has 1 rings (SSSR count). The van der Waals surface area contributed by atoms with Gasteiger partial charge in [0.1, 0.15) is 17.4 Å². The number of hydrogen-bond acceptors (Lipinski definition) is 4. The molecule has 0 spiro atoms. The Morgan fingerprint density at radius 2 is 1.78 bits per heavy atom. The number of benzene rings is 1. The van der Waals surface area contributed by atoms with E-state index in [0.717, 1.165) is 6.42 Å². The first-order chi connectivity index (χ1) is 10.5. The van der Waals surface area contributed by atoms with Gasteiger partial charge in [-0.1, -0.05) is 20.8 Å². The van der Waals surface area contributed by atoms with Crippen LogP contribution in [0.15, 0.2) is 36.0 Å². The zero-order valence-electron chi connectivity index (χ0n) is 14.4. The topological polar surface area (TPSA) is 85.2 Å². The number of phenols is 1. The first kappa shape index (κ1) is 18.6. The predicted octanol–water partition coefficient (Wildman–Crippen LogP) is 3.54. The van der Waals surface area contributed by atoms with Crippen molar-refractivity contribution < 1.29 is 9.90 Å². The minimum absolute atomic E-state index is 0.0000548. The number of rotatable bonds is 5. The summed E-state index contributed by atoms with van der Waals surface area (Å²) >= 11 is 0. The largest absolute Gasteiger partial charge is 0.508 e. The number of nitrogens with zero attached hydrogens (tertiary/aromatic N) is 1. The number of phenolic OH excluding ortho intramolecular Hbond substituents is 1. The molecule has 0 atom stereocenters. The van der Waals surface area contributed by atoms with Crippen LogP contribution in [-0.4, -0.2) is 16.6 Å². The molecule has 0 aromatic heterocycles. The van der Waals surface area contributed by atoms with Crippen LogP contribution in [0.1, 0.15) is 41.0 Å². The molecule has 1 amide bonds. The second-order valence-electron chi connectivity index (χ2n) is 7.44. The monoisotopic (exact) mass is 315 g/mol. The van der Waals surface area contributed by atoms with Crippen molar-refractivity contribution in [3.8, 4) is 11.8 Å². The van der Waals surface area contributed by atoms with E-state index in [0.29, 0.717) is 5.69 Å². The zero-order valence-corrected chi connectivity index (χ0v) is 14.4. The van der Waals surface area contributed by atoms with Gasteiger partial charge in [-0.25, -0.2) is 0 Å². The molecule has 0 saturated carbocycles. The fourth-order valence-corrected chi connectivity index (χ4v) is 2.54. The molecule has 0 aliphatic heterocycles. The normalized spacial score (nSPS) is 12.4. The molecule has 3 N–H and O–H groups in total. The van der Waals surface area contributed by atoms with E-state index in [2.05, 4.69) is 31.4 Å². The van der Waals surface area contributed by atoms with E-state index in [4.69, 9.17) is 0 Å². The maximum Gasteiger partial charge on any atom is 0.267 e. The van der Waals surface area contributed by atoms with Gasteiger partial charge in [0, 0.05) is 17.4 Å². The van der Waals surface area contributed by atoms with Gasteiger partial charge in [-0.15, -0.1) is 0 Å². The van der Waals surface area contributed by atoms with E-state index in [1.807, 2.05) is 19.9 Å². The van der Waals surface area contributed by atoms with E-state index >= 15 is 0 Å². The number of hydrogen-bond donors (Lipinski definition) is 3. The maximum atomic E-state index is 12.1. The summed E-state index contributed by atoms with van der Waals surface area (Å²) in [4.78, 5) is 12.1. The molecular formula is C18H25N3O2. The number of nitrogens with one attached hydrogen (secondary N) is 2. The van der Waals surface area contributed by atoms with Crippen LogP contribution in [0.2, 0.25) is 0 Å². The average Bonchev–Trinajstić information content (AvgIpc) is 2.39. The van der Waals surface area contributed by atoms with Crippen molar-refractivity contribution in [1.29, 1.82) is 5.26 Å². The molecule has 5 heteroatoms. The molecule has 0 heterocycles. The van der Waals surface area contributed by atoms with Crippen LogP contribution < -0.4 is 10.6 Å². The van der Waals surface area contributed by atoms with Crippen LogP contribution in [-0.2, 0) is 4.79 Å². The van der Waals surface area contributed by atoms with E-state index in [1.165, 1.54) is 18.3 Å². The number of amides is 1. The van der Waals surface area contributed by atoms with Gasteiger partial charge in [-0.3, -0.25) is 4.79 Å². The lowest BCUT2D eigenvalue weighted by atomic mass is 9.82. The van der Waals surface area contributed by atoms with Crippen molar-refractivity contribution in [3.05, 3.63) is 36.0 Å². The van der Waals surface area contributed by atoms with Crippen molar-refractivity contribution in [1.82, 2.24) is 5.32 Å². The highest BCUT2D eigenvalue weighted by atomic mass is 16.3. The molecule has 0 aliphatic carbocycles. The van der Waals surface area contributed by atoms with Gasteiger partial charge in [-0.2, -0.15) is 5.26 Å². The van der Waals surface area contributed by atoms with Crippen molar-refractivity contribution in [2.75, 3.05) is 5.32 Å². The summed E-state index contributed by atoms with van der Waals surface area (Å²) in [5.41, 5.74) is 0.410. The van der Waals surface area contributed by atoms with Crippen molar-refractivity contribution in [3.63, 3.8) is 0 Å². The molecule has 23 heavy (non-hydrogen) atoms. The lowest BCUT2D eigenvalue weighted by Gasteiger charge is -2.33. The van der Waals surface area contributed by atoms with Gasteiger partial charge in [0.25, 0.3) is 5.91 Å². The van der Waals surface area contributed by atoms with Crippen LogP contribution in [0.4, 0.5) is 5.69 Å². The summed E-state index contributed by atoms with van der Waals surface area (Å²) < 4.78 is 0. The van der Waals surface area contributed by atoms with Crippen LogP contribution in [0.25, 0.3) is 0 Å². The molecule has 0 unspecified atom stereocenters. The Balaban J connectivity index is 2.77. The fourth-order valence-electron chi connectivity index (χ4n) is 2.54. The average molecular weight is 315 g/mol. The lowest BCUT2D eigenvalue weighted by molar-refractivity contribution is -0.112. The minimum atomic E-state index is -0.489. The molecular weight excluding hydrogens is 290 g/mol. The molecule has 5 nitrogen and oxygen atoms in total. The summed E-state index contributed by atoms with van der Waals surface area (Å²) in [7, 11) is 0. The van der Waals surface area contributed by atoms with Crippen LogP contribution in [0.5, 0.6) is 5.75 Å². The summed E-state index contributed by atoms with van der Waals surface area (Å²) in [5, 5.41) is 24.2. The van der Waals surface area contributed by atoms with Crippen molar-refractivity contribution in [2.24, 2.45) is 5.41 Å². The number of carbonyl (C=O) groups excluding carboxylic acids is 1. The summed E-state index contributed by atoms with van der Waals surface area (Å²) in [5.74, 6) is -0.373. The van der Waals surface area contributed by atoms with E-state index in [1.54, 1.807) is 12.1 Å². The second kappa shape index (κ2) is 7.19. The quantitative estimate of drug-likeness (QED) is 0.441.